The Hall–Kier alpha value is -2.48. The summed E-state index contributed by atoms with van der Waals surface area (Å²) in [6.07, 6.45) is 5.85. The fourth-order valence-electron chi connectivity index (χ4n) is 3.03. The van der Waals surface area contributed by atoms with Gasteiger partial charge in [-0.3, -0.25) is 0 Å². The molecule has 2 saturated heterocycles. The Kier molecular flexibility index (Phi) is 4.35. The summed E-state index contributed by atoms with van der Waals surface area (Å²) in [5, 5.41) is 0. The van der Waals surface area contributed by atoms with Crippen molar-refractivity contribution in [3.05, 3.63) is 18.5 Å². The van der Waals surface area contributed by atoms with Crippen LogP contribution in [0.5, 0.6) is 0 Å². The van der Waals surface area contributed by atoms with Crippen molar-refractivity contribution in [1.82, 2.24) is 19.9 Å². The van der Waals surface area contributed by atoms with Gasteiger partial charge in [0.05, 0.1) is 18.4 Å². The molecule has 0 unspecified atom stereocenters. The fraction of sp³-hybridized carbons (Fsp3) is 0.529. The lowest BCUT2D eigenvalue weighted by molar-refractivity contribution is 0.0381. The predicted octanol–water partition coefficient (Wildman–Crippen LogP) is 1.34. The highest BCUT2D eigenvalue weighted by Crippen LogP contribution is 2.27. The Bertz CT molecular complexity index is 732. The Morgan fingerprint density at radius 3 is 2.64 bits per heavy atom. The summed E-state index contributed by atoms with van der Waals surface area (Å²) in [6, 6.07) is 2.01. The van der Waals surface area contributed by atoms with E-state index in [-0.39, 0.29) is 12.1 Å². The third-order valence-electron chi connectivity index (χ3n) is 4.73. The second-order valence-corrected chi connectivity index (χ2v) is 6.43. The molecule has 8 nitrogen and oxygen atoms in total. The first kappa shape index (κ1) is 16.0. The number of aromatic nitrogens is 4. The normalized spacial score (nSPS) is 20.4. The maximum Gasteiger partial charge on any atom is 0.227 e. The Morgan fingerprint density at radius 2 is 1.96 bits per heavy atom. The number of morpholine rings is 1. The average molecular weight is 341 g/mol. The fourth-order valence-corrected chi connectivity index (χ4v) is 3.03. The summed E-state index contributed by atoms with van der Waals surface area (Å²) in [6.45, 7) is 6.57. The second-order valence-electron chi connectivity index (χ2n) is 6.43. The molecule has 0 amide bonds. The molecule has 25 heavy (non-hydrogen) atoms. The van der Waals surface area contributed by atoms with Gasteiger partial charge in [0.15, 0.2) is 0 Å². The summed E-state index contributed by atoms with van der Waals surface area (Å²) in [7, 11) is 0. The summed E-state index contributed by atoms with van der Waals surface area (Å²) in [4.78, 5) is 22.2. The molecule has 0 aliphatic carbocycles. The third-order valence-corrected chi connectivity index (χ3v) is 4.73. The van der Waals surface area contributed by atoms with Gasteiger partial charge in [0.25, 0.3) is 0 Å². The van der Waals surface area contributed by atoms with Crippen LogP contribution >= 0.6 is 0 Å². The minimum absolute atomic E-state index is 0.250. The number of hydrogen-bond acceptors (Lipinski definition) is 8. The number of nitrogens with zero attached hydrogens (tertiary/aromatic N) is 6. The van der Waals surface area contributed by atoms with Crippen molar-refractivity contribution in [2.24, 2.45) is 0 Å². The molecule has 4 rings (SSSR count). The summed E-state index contributed by atoms with van der Waals surface area (Å²) in [5.74, 6) is 1.97. The predicted molar refractivity (Wildman–Crippen MR) is 96.5 cm³/mol. The van der Waals surface area contributed by atoms with Crippen molar-refractivity contribution in [2.75, 3.05) is 48.3 Å². The van der Waals surface area contributed by atoms with Crippen LogP contribution in [0.2, 0.25) is 0 Å². The van der Waals surface area contributed by atoms with E-state index in [4.69, 9.17) is 20.4 Å². The number of anilines is 3. The molecule has 2 N–H and O–H groups in total. The molecule has 4 heterocycles. The maximum absolute atomic E-state index is 5.79. The largest absolute Gasteiger partial charge is 0.375 e. The van der Waals surface area contributed by atoms with Crippen LogP contribution < -0.4 is 15.5 Å². The summed E-state index contributed by atoms with van der Waals surface area (Å²) in [5.41, 5.74) is 7.28. The van der Waals surface area contributed by atoms with E-state index in [9.17, 15) is 0 Å². The molecular formula is C17H23N7O. The molecule has 2 aromatic heterocycles. The molecule has 0 bridgehead atoms. The molecule has 2 fully saturated rings. The van der Waals surface area contributed by atoms with Crippen LogP contribution in [0.1, 0.15) is 19.8 Å². The first-order chi connectivity index (χ1) is 12.2. The van der Waals surface area contributed by atoms with Crippen molar-refractivity contribution in [1.29, 1.82) is 0 Å². The number of nitrogen functional groups attached to an aromatic ring is 1. The van der Waals surface area contributed by atoms with E-state index in [1.54, 1.807) is 12.4 Å². The van der Waals surface area contributed by atoms with E-state index in [2.05, 4.69) is 26.7 Å². The molecule has 2 aromatic rings. The van der Waals surface area contributed by atoms with Crippen LogP contribution in [0.15, 0.2) is 18.5 Å². The maximum atomic E-state index is 5.79. The zero-order valence-corrected chi connectivity index (χ0v) is 14.4. The zero-order valence-electron chi connectivity index (χ0n) is 14.4. The highest BCUT2D eigenvalue weighted by molar-refractivity contribution is 5.64. The third kappa shape index (κ3) is 3.34. The highest BCUT2D eigenvalue weighted by Gasteiger charge is 2.24. The lowest BCUT2D eigenvalue weighted by atomic mass is 10.2. The number of ether oxygens (including phenoxy) is 1. The van der Waals surface area contributed by atoms with Gasteiger partial charge in [-0.15, -0.1) is 0 Å². The van der Waals surface area contributed by atoms with Crippen LogP contribution in [0, 0.1) is 0 Å². The first-order valence-electron chi connectivity index (χ1n) is 8.81. The van der Waals surface area contributed by atoms with Crippen LogP contribution in [-0.2, 0) is 4.74 Å². The lowest BCUT2D eigenvalue weighted by Crippen LogP contribution is -2.43. The van der Waals surface area contributed by atoms with E-state index < -0.39 is 0 Å². The Morgan fingerprint density at radius 1 is 1.16 bits per heavy atom. The quantitative estimate of drug-likeness (QED) is 0.890. The van der Waals surface area contributed by atoms with Crippen LogP contribution in [-0.4, -0.2) is 58.8 Å². The van der Waals surface area contributed by atoms with E-state index in [0.717, 1.165) is 62.2 Å². The number of rotatable bonds is 4. The molecule has 8 heteroatoms. The van der Waals surface area contributed by atoms with Gasteiger partial charge in [-0.05, 0) is 12.8 Å². The van der Waals surface area contributed by atoms with E-state index >= 15 is 0 Å². The minimum Gasteiger partial charge on any atom is -0.375 e. The van der Waals surface area contributed by atoms with Gasteiger partial charge in [-0.2, -0.15) is 4.98 Å². The van der Waals surface area contributed by atoms with Crippen LogP contribution in [0.4, 0.5) is 17.7 Å². The zero-order chi connectivity index (χ0) is 17.2. The molecule has 1 atom stereocenters. The highest BCUT2D eigenvalue weighted by atomic mass is 16.5. The molecule has 0 radical (unpaired) electrons. The SMILES string of the molecule is CC[C@H]1CN(c2cc(-c3cnc(N)nc3)nc(N3CCC3)n2)CCO1. The minimum atomic E-state index is 0.250. The van der Waals surface area contributed by atoms with Crippen LogP contribution in [0.25, 0.3) is 11.3 Å². The number of nitrogens with two attached hydrogens (primary N) is 1. The van der Waals surface area contributed by atoms with Crippen LogP contribution in [0.3, 0.4) is 0 Å². The average Bonchev–Trinajstić information content (AvgIpc) is 2.61. The summed E-state index contributed by atoms with van der Waals surface area (Å²) < 4.78 is 5.79. The molecule has 0 saturated carbocycles. The van der Waals surface area contributed by atoms with E-state index in [0.29, 0.717) is 0 Å². The first-order valence-corrected chi connectivity index (χ1v) is 8.81. The van der Waals surface area contributed by atoms with Gasteiger partial charge in [0.1, 0.15) is 5.82 Å². The second kappa shape index (κ2) is 6.79. The van der Waals surface area contributed by atoms with Crippen molar-refractivity contribution in [3.8, 4) is 11.3 Å². The van der Waals surface area contributed by atoms with Gasteiger partial charge in [-0.1, -0.05) is 6.92 Å². The smallest absolute Gasteiger partial charge is 0.227 e. The standard InChI is InChI=1S/C17H23N7O/c1-2-13-11-24(6-7-25-13)15-8-14(12-9-19-16(18)20-10-12)21-17(22-15)23-4-3-5-23/h8-10,13H,2-7,11H2,1H3,(H2,18,19,20)/t13-/m0/s1. The van der Waals surface area contributed by atoms with E-state index in [1.165, 1.54) is 6.42 Å². The van der Waals surface area contributed by atoms with E-state index in [1.807, 2.05) is 6.07 Å². The van der Waals surface area contributed by atoms with Crippen molar-refractivity contribution >= 4 is 17.7 Å². The molecular weight excluding hydrogens is 318 g/mol. The molecule has 2 aliphatic rings. The lowest BCUT2D eigenvalue weighted by Gasteiger charge is -2.35. The molecule has 2 aliphatic heterocycles. The Balaban J connectivity index is 1.70. The van der Waals surface area contributed by atoms with Gasteiger partial charge < -0.3 is 20.3 Å². The molecule has 0 aromatic carbocycles. The van der Waals surface area contributed by atoms with Crippen molar-refractivity contribution in [3.63, 3.8) is 0 Å². The number of hydrogen-bond donors (Lipinski definition) is 1. The van der Waals surface area contributed by atoms with Gasteiger partial charge >= 0.3 is 0 Å². The monoisotopic (exact) mass is 341 g/mol. The molecule has 132 valence electrons. The molecule has 0 spiro atoms. The van der Waals surface area contributed by atoms with Gasteiger partial charge in [0.2, 0.25) is 11.9 Å². The van der Waals surface area contributed by atoms with Gasteiger partial charge in [-0.25, -0.2) is 15.0 Å². The Labute approximate surface area is 147 Å². The van der Waals surface area contributed by atoms with Crippen molar-refractivity contribution in [2.45, 2.75) is 25.9 Å². The summed E-state index contributed by atoms with van der Waals surface area (Å²) >= 11 is 0. The topological polar surface area (TPSA) is 93.3 Å². The van der Waals surface area contributed by atoms with Gasteiger partial charge in [0, 0.05) is 50.2 Å². The van der Waals surface area contributed by atoms with Crippen molar-refractivity contribution < 1.29 is 4.74 Å².